The summed E-state index contributed by atoms with van der Waals surface area (Å²) in [5, 5.41) is 4.15. The predicted octanol–water partition coefficient (Wildman–Crippen LogP) is 5.02. The summed E-state index contributed by atoms with van der Waals surface area (Å²) in [7, 11) is 0. The smallest absolute Gasteiger partial charge is 0.311 e. The highest BCUT2D eigenvalue weighted by molar-refractivity contribution is 6.39. The average molecular weight is 345 g/mol. The Labute approximate surface area is 137 Å². The molecule has 2 aromatic carbocycles. The molecule has 0 bridgehead atoms. The molecule has 0 fully saturated rings. The third kappa shape index (κ3) is 4.27. The van der Waals surface area contributed by atoms with Gasteiger partial charge in [-0.2, -0.15) is 0 Å². The normalized spacial score (nSPS) is 10.2. The molecule has 0 radical (unpaired) electrons. The van der Waals surface area contributed by atoms with Crippen LogP contribution in [0, 0.1) is 0 Å². The fourth-order valence-corrected chi connectivity index (χ4v) is 2.43. The van der Waals surface area contributed by atoms with Crippen molar-refractivity contribution in [2.75, 3.05) is 11.4 Å². The van der Waals surface area contributed by atoms with E-state index in [2.05, 4.69) is 5.32 Å². The Hall–Kier alpha value is -1.42. The van der Waals surface area contributed by atoms with Gasteiger partial charge in [-0.3, -0.25) is 4.79 Å². The lowest BCUT2D eigenvalue weighted by atomic mass is 10.1. The Morgan fingerprint density at radius 2 is 1.71 bits per heavy atom. The van der Waals surface area contributed by atoms with Crippen molar-refractivity contribution in [3.8, 4) is 0 Å². The number of hydrogen-bond donors (Lipinski definition) is 1. The van der Waals surface area contributed by atoms with Crippen molar-refractivity contribution in [1.82, 2.24) is 0 Å². The summed E-state index contributed by atoms with van der Waals surface area (Å²) >= 11 is 17.6. The van der Waals surface area contributed by atoms with Crippen LogP contribution in [0.3, 0.4) is 0 Å². The maximum atomic E-state index is 11.6. The molecule has 1 N–H and O–H groups in total. The fraction of sp³-hybridized carbons (Fsp3) is 0.133. The number of rotatable bonds is 5. The van der Waals surface area contributed by atoms with Crippen LogP contribution in [0.5, 0.6) is 0 Å². The predicted molar refractivity (Wildman–Crippen MR) is 86.7 cm³/mol. The average Bonchev–Trinajstić information content (AvgIpc) is 2.45. The fourth-order valence-electron chi connectivity index (χ4n) is 1.82. The topological polar surface area (TPSA) is 38.3 Å². The Morgan fingerprint density at radius 3 is 2.38 bits per heavy atom. The van der Waals surface area contributed by atoms with Gasteiger partial charge in [0.15, 0.2) is 6.07 Å². The van der Waals surface area contributed by atoms with Gasteiger partial charge in [0.25, 0.3) is 0 Å². The Morgan fingerprint density at radius 1 is 1.05 bits per heavy atom. The van der Waals surface area contributed by atoms with Crippen LogP contribution < -0.4 is 5.32 Å². The first-order valence-electron chi connectivity index (χ1n) is 6.12. The van der Waals surface area contributed by atoms with E-state index in [4.69, 9.17) is 39.5 Å². The molecule has 0 spiro atoms. The maximum Gasteiger partial charge on any atom is 0.311 e. The van der Waals surface area contributed by atoms with Gasteiger partial charge in [0.2, 0.25) is 0 Å². The second-order valence-corrected chi connectivity index (χ2v) is 5.21. The number of esters is 1. The van der Waals surface area contributed by atoms with E-state index in [1.807, 2.05) is 24.3 Å². The third-order valence-corrected chi connectivity index (χ3v) is 3.53. The number of alkyl halides is 1. The van der Waals surface area contributed by atoms with Gasteiger partial charge < -0.3 is 10.1 Å². The molecule has 0 heterocycles. The van der Waals surface area contributed by atoms with E-state index in [-0.39, 0.29) is 12.5 Å². The van der Waals surface area contributed by atoms with E-state index in [1.165, 1.54) is 0 Å². The van der Waals surface area contributed by atoms with Crippen molar-refractivity contribution in [3.63, 3.8) is 0 Å². The van der Waals surface area contributed by atoms with E-state index in [0.717, 1.165) is 11.3 Å². The van der Waals surface area contributed by atoms with Crippen molar-refractivity contribution < 1.29 is 9.53 Å². The number of halogens is 3. The number of benzene rings is 2. The van der Waals surface area contributed by atoms with Gasteiger partial charge >= 0.3 is 5.97 Å². The number of hydrogen-bond acceptors (Lipinski definition) is 3. The molecule has 21 heavy (non-hydrogen) atoms. The van der Waals surface area contributed by atoms with E-state index < -0.39 is 5.97 Å². The third-order valence-electron chi connectivity index (χ3n) is 2.79. The molecule has 2 aromatic rings. The van der Waals surface area contributed by atoms with E-state index in [9.17, 15) is 4.79 Å². The molecule has 0 saturated carbocycles. The first kappa shape index (κ1) is 16.0. The van der Waals surface area contributed by atoms with Gasteiger partial charge in [0.1, 0.15) is 0 Å². The molecule has 0 unspecified atom stereocenters. The van der Waals surface area contributed by atoms with E-state index in [1.54, 1.807) is 18.2 Å². The summed E-state index contributed by atoms with van der Waals surface area (Å²) < 4.78 is 4.75. The lowest BCUT2D eigenvalue weighted by Gasteiger charge is -2.14. The molecule has 0 aliphatic heterocycles. The second kappa shape index (κ2) is 7.55. The number of carbonyl (C=O) groups excluding carboxylic acids is 1. The second-order valence-electron chi connectivity index (χ2n) is 4.18. The highest BCUT2D eigenvalue weighted by Gasteiger charge is 2.11. The molecular formula is C15H12Cl3NO2. The maximum absolute atomic E-state index is 11.6. The number of anilines is 2. The van der Waals surface area contributed by atoms with Crippen LogP contribution in [-0.4, -0.2) is 12.0 Å². The molecule has 0 aromatic heterocycles. The van der Waals surface area contributed by atoms with Crippen molar-refractivity contribution in [1.29, 1.82) is 0 Å². The molecule has 0 atom stereocenters. The molecule has 110 valence electrons. The monoisotopic (exact) mass is 343 g/mol. The summed E-state index contributed by atoms with van der Waals surface area (Å²) in [6, 6.07) is 12.4. The number of nitrogens with one attached hydrogen (secondary N) is 1. The number of carbonyl (C=O) groups is 1. The zero-order valence-corrected chi connectivity index (χ0v) is 13.2. The number of para-hydroxylation sites is 2. The molecule has 3 nitrogen and oxygen atoms in total. The number of ether oxygens (including phenoxy) is 1. The largest absolute Gasteiger partial charge is 0.449 e. The van der Waals surface area contributed by atoms with Crippen LogP contribution in [0.2, 0.25) is 10.0 Å². The van der Waals surface area contributed by atoms with Gasteiger partial charge in [-0.15, -0.1) is 0 Å². The van der Waals surface area contributed by atoms with Crippen molar-refractivity contribution in [3.05, 3.63) is 58.1 Å². The minimum Gasteiger partial charge on any atom is -0.449 e. The first-order chi connectivity index (χ1) is 10.1. The summed E-state index contributed by atoms with van der Waals surface area (Å²) in [4.78, 5) is 11.6. The SMILES string of the molecule is O=C(Cc1ccccc1Nc1c(Cl)cccc1Cl)OCCl. The van der Waals surface area contributed by atoms with Crippen molar-refractivity contribution in [2.24, 2.45) is 0 Å². The van der Waals surface area contributed by atoms with Crippen LogP contribution in [0.15, 0.2) is 42.5 Å². The molecule has 0 aliphatic carbocycles. The minimum absolute atomic E-state index is 0.109. The highest BCUT2D eigenvalue weighted by Crippen LogP contribution is 2.33. The summed E-state index contributed by atoms with van der Waals surface area (Å²) in [6.07, 6.45) is 0.109. The van der Waals surface area contributed by atoms with Crippen LogP contribution in [-0.2, 0) is 16.0 Å². The molecular weight excluding hydrogens is 333 g/mol. The van der Waals surface area contributed by atoms with Crippen LogP contribution >= 0.6 is 34.8 Å². The molecule has 6 heteroatoms. The van der Waals surface area contributed by atoms with Gasteiger partial charge in [0, 0.05) is 5.69 Å². The van der Waals surface area contributed by atoms with Crippen LogP contribution in [0.25, 0.3) is 0 Å². The van der Waals surface area contributed by atoms with Crippen molar-refractivity contribution in [2.45, 2.75) is 6.42 Å². The van der Waals surface area contributed by atoms with Gasteiger partial charge in [-0.05, 0) is 23.8 Å². The summed E-state index contributed by atoms with van der Waals surface area (Å²) in [5.74, 6) is -0.399. The summed E-state index contributed by atoms with van der Waals surface area (Å²) in [5.41, 5.74) is 2.10. The van der Waals surface area contributed by atoms with Gasteiger partial charge in [-0.25, -0.2) is 0 Å². The molecule has 0 saturated heterocycles. The zero-order valence-electron chi connectivity index (χ0n) is 10.9. The minimum atomic E-state index is -0.399. The Kier molecular flexibility index (Phi) is 5.74. The quantitative estimate of drug-likeness (QED) is 0.611. The van der Waals surface area contributed by atoms with Gasteiger partial charge in [-0.1, -0.05) is 59.1 Å². The zero-order chi connectivity index (χ0) is 15.2. The Balaban J connectivity index is 2.26. The first-order valence-corrected chi connectivity index (χ1v) is 7.41. The van der Waals surface area contributed by atoms with Crippen molar-refractivity contribution >= 4 is 52.1 Å². The standard InChI is InChI=1S/C15H12Cl3NO2/c16-9-21-14(20)8-10-4-1-2-7-13(10)19-15-11(17)5-3-6-12(15)18/h1-7,19H,8-9H2. The van der Waals surface area contributed by atoms with Crippen LogP contribution in [0.4, 0.5) is 11.4 Å². The van der Waals surface area contributed by atoms with E-state index >= 15 is 0 Å². The van der Waals surface area contributed by atoms with Gasteiger partial charge in [0.05, 0.1) is 22.2 Å². The molecule has 0 amide bonds. The lowest BCUT2D eigenvalue weighted by molar-refractivity contribution is -0.140. The van der Waals surface area contributed by atoms with E-state index in [0.29, 0.717) is 15.7 Å². The lowest BCUT2D eigenvalue weighted by Crippen LogP contribution is -2.08. The molecule has 2 rings (SSSR count). The highest BCUT2D eigenvalue weighted by atomic mass is 35.5. The Bertz CT molecular complexity index is 626. The summed E-state index contributed by atoms with van der Waals surface area (Å²) in [6.45, 7) is 0. The molecule has 0 aliphatic rings. The van der Waals surface area contributed by atoms with Crippen LogP contribution in [0.1, 0.15) is 5.56 Å².